The lowest BCUT2D eigenvalue weighted by Gasteiger charge is -2.34. The van der Waals surface area contributed by atoms with E-state index < -0.39 is 36.5 Å². The van der Waals surface area contributed by atoms with Gasteiger partial charge in [0.1, 0.15) is 0 Å². The fourth-order valence-electron chi connectivity index (χ4n) is 2.41. The Morgan fingerprint density at radius 1 is 0.889 bits per heavy atom. The lowest BCUT2D eigenvalue weighted by atomic mass is 9.95. The molecule has 0 bridgehead atoms. The van der Waals surface area contributed by atoms with E-state index in [0.29, 0.717) is 18.8 Å². The van der Waals surface area contributed by atoms with Gasteiger partial charge in [-0.3, -0.25) is 0 Å². The topological polar surface area (TPSA) is 23.5 Å². The molecule has 0 fully saturated rings. The summed E-state index contributed by atoms with van der Waals surface area (Å²) in [6.07, 6.45) is -11.6. The molecule has 0 spiro atoms. The molecule has 2 nitrogen and oxygen atoms in total. The molecule has 0 amide bonds. The molecule has 1 atom stereocenters. The van der Waals surface area contributed by atoms with Crippen molar-refractivity contribution in [3.63, 3.8) is 0 Å². The zero-order valence-electron chi connectivity index (χ0n) is 14.3. The molecule has 0 radical (unpaired) electrons. The Labute approximate surface area is 149 Å². The SMILES string of the molecule is CCN(CC)c1cccc(C(O)CC(F)(F)C(F)(F)C(F)(F)C(F)(F)F)c1. The van der Waals surface area contributed by atoms with Crippen molar-refractivity contribution in [3.8, 4) is 0 Å². The highest BCUT2D eigenvalue weighted by Gasteiger charge is 2.81. The summed E-state index contributed by atoms with van der Waals surface area (Å²) in [5.41, 5.74) is 0.123. The van der Waals surface area contributed by atoms with E-state index in [1.165, 1.54) is 18.2 Å². The maximum absolute atomic E-state index is 13.7. The van der Waals surface area contributed by atoms with Crippen molar-refractivity contribution < 1.29 is 44.6 Å². The monoisotopic (exact) mass is 411 g/mol. The molecule has 1 aromatic rings. The highest BCUT2D eigenvalue weighted by Crippen LogP contribution is 2.55. The van der Waals surface area contributed by atoms with E-state index in [2.05, 4.69) is 0 Å². The summed E-state index contributed by atoms with van der Waals surface area (Å²) in [6, 6.07) is 5.10. The van der Waals surface area contributed by atoms with Crippen molar-refractivity contribution in [1.29, 1.82) is 0 Å². The Kier molecular flexibility index (Phi) is 6.73. The molecular formula is C16H18F9NO. The third kappa shape index (κ3) is 4.44. The van der Waals surface area contributed by atoms with Crippen LogP contribution in [0.3, 0.4) is 0 Å². The van der Waals surface area contributed by atoms with Gasteiger partial charge in [0.25, 0.3) is 0 Å². The Morgan fingerprint density at radius 2 is 1.41 bits per heavy atom. The number of alkyl halides is 9. The quantitative estimate of drug-likeness (QED) is 0.577. The largest absolute Gasteiger partial charge is 0.460 e. The van der Waals surface area contributed by atoms with E-state index in [-0.39, 0.29) is 5.56 Å². The van der Waals surface area contributed by atoms with Crippen LogP contribution in [-0.2, 0) is 0 Å². The second-order valence-electron chi connectivity index (χ2n) is 5.84. The highest BCUT2D eigenvalue weighted by atomic mass is 19.4. The molecule has 0 aliphatic carbocycles. The van der Waals surface area contributed by atoms with Crippen LogP contribution < -0.4 is 4.90 Å². The van der Waals surface area contributed by atoms with Crippen molar-refractivity contribution in [2.24, 2.45) is 0 Å². The minimum atomic E-state index is -6.97. The zero-order chi connectivity index (χ0) is 21.3. The Morgan fingerprint density at radius 3 is 1.85 bits per heavy atom. The number of aliphatic hydroxyl groups excluding tert-OH is 1. The van der Waals surface area contributed by atoms with Gasteiger partial charge < -0.3 is 10.0 Å². The summed E-state index contributed by atoms with van der Waals surface area (Å²) in [5, 5.41) is 9.78. The summed E-state index contributed by atoms with van der Waals surface area (Å²) >= 11 is 0. The lowest BCUT2D eigenvalue weighted by molar-refractivity contribution is -0.398. The first-order chi connectivity index (χ1) is 12.1. The molecule has 27 heavy (non-hydrogen) atoms. The molecule has 0 heterocycles. The van der Waals surface area contributed by atoms with Crippen molar-refractivity contribution in [3.05, 3.63) is 29.8 Å². The number of hydrogen-bond acceptors (Lipinski definition) is 2. The Hall–Kier alpha value is -1.65. The van der Waals surface area contributed by atoms with Gasteiger partial charge in [0.05, 0.1) is 6.10 Å². The van der Waals surface area contributed by atoms with Gasteiger partial charge in [-0.2, -0.15) is 39.5 Å². The van der Waals surface area contributed by atoms with Crippen LogP contribution in [0, 0.1) is 0 Å². The van der Waals surface area contributed by atoms with Crippen LogP contribution in [0.2, 0.25) is 0 Å². The van der Waals surface area contributed by atoms with Gasteiger partial charge in [-0.15, -0.1) is 0 Å². The lowest BCUT2D eigenvalue weighted by Crippen LogP contribution is -2.61. The molecule has 11 heteroatoms. The number of hydrogen-bond donors (Lipinski definition) is 1. The summed E-state index contributed by atoms with van der Waals surface area (Å²) in [6.45, 7) is 4.51. The van der Waals surface area contributed by atoms with E-state index in [0.717, 1.165) is 6.07 Å². The van der Waals surface area contributed by atoms with Crippen molar-refractivity contribution in [2.45, 2.75) is 50.3 Å². The zero-order valence-corrected chi connectivity index (χ0v) is 14.3. The molecule has 1 unspecified atom stereocenters. The van der Waals surface area contributed by atoms with Crippen molar-refractivity contribution in [1.82, 2.24) is 0 Å². The van der Waals surface area contributed by atoms with Crippen molar-refractivity contribution >= 4 is 5.69 Å². The second-order valence-corrected chi connectivity index (χ2v) is 5.84. The van der Waals surface area contributed by atoms with Gasteiger partial charge in [0, 0.05) is 25.2 Å². The molecule has 0 aliphatic rings. The minimum Gasteiger partial charge on any atom is -0.388 e. The van der Waals surface area contributed by atoms with Gasteiger partial charge in [-0.1, -0.05) is 12.1 Å². The van der Waals surface area contributed by atoms with Crippen LogP contribution in [0.1, 0.15) is 31.9 Å². The fraction of sp³-hybridized carbons (Fsp3) is 0.625. The molecule has 0 saturated carbocycles. The third-order valence-corrected chi connectivity index (χ3v) is 4.04. The maximum atomic E-state index is 13.7. The molecule has 0 saturated heterocycles. The van der Waals surface area contributed by atoms with Gasteiger partial charge in [0.15, 0.2) is 0 Å². The number of nitrogens with zero attached hydrogens (tertiary/aromatic N) is 1. The van der Waals surface area contributed by atoms with E-state index in [1.54, 1.807) is 18.7 Å². The minimum absolute atomic E-state index is 0.315. The normalized spacial score (nSPS) is 15.0. The van der Waals surface area contributed by atoms with Crippen LogP contribution in [0.4, 0.5) is 45.2 Å². The average Bonchev–Trinajstić information content (AvgIpc) is 2.54. The maximum Gasteiger partial charge on any atom is 0.460 e. The standard InChI is InChI=1S/C16H18F9NO/c1-3-26(4-2)11-7-5-6-10(8-11)12(27)9-13(17,18)14(19,20)15(21,22)16(23,24)25/h5-8,12,27H,3-4,9H2,1-2H3. The van der Waals surface area contributed by atoms with Gasteiger partial charge >= 0.3 is 23.9 Å². The van der Waals surface area contributed by atoms with Gasteiger partial charge in [-0.25, -0.2) is 0 Å². The van der Waals surface area contributed by atoms with E-state index >= 15 is 0 Å². The number of aliphatic hydroxyl groups is 1. The average molecular weight is 411 g/mol. The number of anilines is 1. The van der Waals surface area contributed by atoms with Crippen LogP contribution in [0.5, 0.6) is 0 Å². The number of halogens is 9. The molecular weight excluding hydrogens is 393 g/mol. The number of benzene rings is 1. The molecule has 0 aliphatic heterocycles. The Balaban J connectivity index is 3.14. The first-order valence-electron chi connectivity index (χ1n) is 7.85. The fourth-order valence-corrected chi connectivity index (χ4v) is 2.41. The first kappa shape index (κ1) is 23.4. The number of rotatable bonds is 8. The van der Waals surface area contributed by atoms with Crippen LogP contribution >= 0.6 is 0 Å². The molecule has 1 aromatic carbocycles. The van der Waals surface area contributed by atoms with Crippen LogP contribution in [-0.4, -0.2) is 42.1 Å². The third-order valence-electron chi connectivity index (χ3n) is 4.04. The summed E-state index contributed by atoms with van der Waals surface area (Å²) in [7, 11) is 0. The first-order valence-corrected chi connectivity index (χ1v) is 7.85. The van der Waals surface area contributed by atoms with Gasteiger partial charge in [-0.05, 0) is 31.5 Å². The van der Waals surface area contributed by atoms with E-state index in [9.17, 15) is 44.6 Å². The molecule has 156 valence electrons. The smallest absolute Gasteiger partial charge is 0.388 e. The van der Waals surface area contributed by atoms with Crippen LogP contribution in [0.15, 0.2) is 24.3 Å². The van der Waals surface area contributed by atoms with Gasteiger partial charge in [0.2, 0.25) is 0 Å². The summed E-state index contributed by atoms with van der Waals surface area (Å²) in [5.74, 6) is -19.5. The Bertz CT molecular complexity index is 627. The highest BCUT2D eigenvalue weighted by molar-refractivity contribution is 5.48. The van der Waals surface area contributed by atoms with Crippen molar-refractivity contribution in [2.75, 3.05) is 18.0 Å². The molecule has 1 rings (SSSR count). The molecule has 0 aromatic heterocycles. The summed E-state index contributed by atoms with van der Waals surface area (Å²) < 4.78 is 116. The summed E-state index contributed by atoms with van der Waals surface area (Å²) in [4.78, 5) is 1.72. The van der Waals surface area contributed by atoms with E-state index in [1.807, 2.05) is 0 Å². The predicted molar refractivity (Wildman–Crippen MR) is 80.5 cm³/mol. The van der Waals surface area contributed by atoms with E-state index in [4.69, 9.17) is 0 Å². The second kappa shape index (κ2) is 7.76. The predicted octanol–water partition coefficient (Wildman–Crippen LogP) is 5.42. The van der Waals surface area contributed by atoms with Crippen LogP contribution in [0.25, 0.3) is 0 Å². The molecule has 1 N–H and O–H groups in total.